The smallest absolute Gasteiger partial charge is 0.115 e. The molecule has 1 aromatic carbocycles. The van der Waals surface area contributed by atoms with Crippen molar-refractivity contribution in [1.29, 1.82) is 0 Å². The number of rotatable bonds is 4. The van der Waals surface area contributed by atoms with Gasteiger partial charge in [0, 0.05) is 25.0 Å². The van der Waals surface area contributed by atoms with E-state index in [9.17, 15) is 5.11 Å². The Bertz CT molecular complexity index is 543. The summed E-state index contributed by atoms with van der Waals surface area (Å²) in [6, 6.07) is 9.65. The van der Waals surface area contributed by atoms with Gasteiger partial charge in [0.25, 0.3) is 0 Å². The summed E-state index contributed by atoms with van der Waals surface area (Å²) in [6.45, 7) is 0.770. The molecule has 1 aliphatic carbocycles. The Hall–Kier alpha value is -1.74. The number of nitrogens with two attached hydrogens (primary N) is 1. The first-order valence-corrected chi connectivity index (χ1v) is 6.41. The Kier molecular flexibility index (Phi) is 2.84. The first kappa shape index (κ1) is 11.4. The molecule has 1 atom stereocenters. The maximum absolute atomic E-state index is 9.44. The SMILES string of the molecule is NC(c1ccn(Cc2cccc(O)c2)c1)C1CC1. The van der Waals surface area contributed by atoms with Gasteiger partial charge in [0.1, 0.15) is 5.75 Å². The van der Waals surface area contributed by atoms with Crippen LogP contribution in [0.4, 0.5) is 0 Å². The van der Waals surface area contributed by atoms with Crippen molar-refractivity contribution in [3.8, 4) is 5.75 Å². The third-order valence-electron chi connectivity index (χ3n) is 3.56. The molecule has 0 aliphatic heterocycles. The molecule has 0 spiro atoms. The molecule has 3 N–H and O–H groups in total. The van der Waals surface area contributed by atoms with E-state index in [4.69, 9.17) is 5.73 Å². The van der Waals surface area contributed by atoms with Crippen molar-refractivity contribution in [3.63, 3.8) is 0 Å². The first-order chi connectivity index (χ1) is 8.72. The van der Waals surface area contributed by atoms with E-state index in [1.807, 2.05) is 12.1 Å². The van der Waals surface area contributed by atoms with Gasteiger partial charge < -0.3 is 15.4 Å². The van der Waals surface area contributed by atoms with Crippen LogP contribution in [0.5, 0.6) is 5.75 Å². The van der Waals surface area contributed by atoms with Gasteiger partial charge >= 0.3 is 0 Å². The van der Waals surface area contributed by atoms with Gasteiger partial charge in [0.15, 0.2) is 0 Å². The molecule has 3 heteroatoms. The van der Waals surface area contributed by atoms with Gasteiger partial charge in [-0.3, -0.25) is 0 Å². The molecule has 94 valence electrons. The predicted molar refractivity (Wildman–Crippen MR) is 71.3 cm³/mol. The lowest BCUT2D eigenvalue weighted by Crippen LogP contribution is -2.11. The molecule has 1 aromatic heterocycles. The van der Waals surface area contributed by atoms with Crippen LogP contribution in [-0.2, 0) is 6.54 Å². The highest BCUT2D eigenvalue weighted by Crippen LogP contribution is 2.39. The Morgan fingerprint density at radius 1 is 1.33 bits per heavy atom. The fourth-order valence-electron chi connectivity index (χ4n) is 2.35. The average molecular weight is 242 g/mol. The van der Waals surface area contributed by atoms with E-state index in [1.54, 1.807) is 12.1 Å². The third-order valence-corrected chi connectivity index (χ3v) is 3.56. The van der Waals surface area contributed by atoms with Crippen molar-refractivity contribution in [3.05, 3.63) is 53.9 Å². The van der Waals surface area contributed by atoms with Crippen molar-refractivity contribution in [2.24, 2.45) is 11.7 Å². The molecule has 18 heavy (non-hydrogen) atoms. The van der Waals surface area contributed by atoms with E-state index >= 15 is 0 Å². The van der Waals surface area contributed by atoms with Crippen LogP contribution in [-0.4, -0.2) is 9.67 Å². The zero-order valence-electron chi connectivity index (χ0n) is 10.3. The van der Waals surface area contributed by atoms with Gasteiger partial charge in [0.2, 0.25) is 0 Å². The predicted octanol–water partition coefficient (Wildman–Crippen LogP) is 2.65. The maximum atomic E-state index is 9.44. The summed E-state index contributed by atoms with van der Waals surface area (Å²) in [4.78, 5) is 0. The topological polar surface area (TPSA) is 51.2 Å². The lowest BCUT2D eigenvalue weighted by molar-refractivity contribution is 0.474. The van der Waals surface area contributed by atoms with Crippen LogP contribution in [0.2, 0.25) is 0 Å². The number of nitrogens with zero attached hydrogens (tertiary/aromatic N) is 1. The van der Waals surface area contributed by atoms with Crippen LogP contribution in [0.3, 0.4) is 0 Å². The Morgan fingerprint density at radius 2 is 2.17 bits per heavy atom. The van der Waals surface area contributed by atoms with E-state index in [0.29, 0.717) is 11.7 Å². The second kappa shape index (κ2) is 4.50. The van der Waals surface area contributed by atoms with Crippen LogP contribution in [0.25, 0.3) is 0 Å². The number of aromatic hydroxyl groups is 1. The second-order valence-electron chi connectivity index (χ2n) is 5.15. The summed E-state index contributed by atoms with van der Waals surface area (Å²) in [5, 5.41) is 9.44. The maximum Gasteiger partial charge on any atom is 0.115 e. The molecule has 0 saturated heterocycles. The second-order valence-corrected chi connectivity index (χ2v) is 5.15. The molecule has 1 unspecified atom stereocenters. The van der Waals surface area contributed by atoms with Crippen LogP contribution >= 0.6 is 0 Å². The Balaban J connectivity index is 1.73. The minimum absolute atomic E-state index is 0.190. The molecular weight excluding hydrogens is 224 g/mol. The highest BCUT2D eigenvalue weighted by Gasteiger charge is 2.29. The van der Waals surface area contributed by atoms with E-state index in [0.717, 1.165) is 12.1 Å². The van der Waals surface area contributed by atoms with Gasteiger partial charge in [-0.25, -0.2) is 0 Å². The summed E-state index contributed by atoms with van der Waals surface area (Å²) < 4.78 is 2.12. The third kappa shape index (κ3) is 2.41. The van der Waals surface area contributed by atoms with E-state index in [-0.39, 0.29) is 6.04 Å². The molecule has 0 radical (unpaired) electrons. The lowest BCUT2D eigenvalue weighted by atomic mass is 10.1. The van der Waals surface area contributed by atoms with Crippen molar-refractivity contribution in [2.45, 2.75) is 25.4 Å². The monoisotopic (exact) mass is 242 g/mol. The van der Waals surface area contributed by atoms with E-state index in [1.165, 1.54) is 18.4 Å². The molecule has 2 aromatic rings. The number of phenolic OH excluding ortho intramolecular Hbond substituents is 1. The Labute approximate surface area is 107 Å². The molecule has 3 rings (SSSR count). The van der Waals surface area contributed by atoms with Gasteiger partial charge in [-0.2, -0.15) is 0 Å². The summed E-state index contributed by atoms with van der Waals surface area (Å²) in [5.74, 6) is 0.996. The fraction of sp³-hybridized carbons (Fsp3) is 0.333. The quantitative estimate of drug-likeness (QED) is 0.866. The Morgan fingerprint density at radius 3 is 2.89 bits per heavy atom. The minimum atomic E-state index is 0.190. The summed E-state index contributed by atoms with van der Waals surface area (Å²) in [6.07, 6.45) is 6.70. The zero-order valence-corrected chi connectivity index (χ0v) is 10.3. The molecule has 3 nitrogen and oxygen atoms in total. The fourth-order valence-corrected chi connectivity index (χ4v) is 2.35. The minimum Gasteiger partial charge on any atom is -0.508 e. The lowest BCUT2D eigenvalue weighted by Gasteiger charge is -2.07. The number of phenols is 1. The zero-order chi connectivity index (χ0) is 12.5. The van der Waals surface area contributed by atoms with E-state index < -0.39 is 0 Å². The van der Waals surface area contributed by atoms with Crippen molar-refractivity contribution in [1.82, 2.24) is 4.57 Å². The molecule has 1 aliphatic rings. The molecule has 1 fully saturated rings. The van der Waals surface area contributed by atoms with Gasteiger partial charge in [-0.05, 0) is 48.1 Å². The summed E-state index contributed by atoms with van der Waals surface area (Å²) >= 11 is 0. The molecule has 1 saturated carbocycles. The summed E-state index contributed by atoms with van der Waals surface area (Å²) in [7, 11) is 0. The van der Waals surface area contributed by atoms with Gasteiger partial charge in [0.05, 0.1) is 0 Å². The number of hydrogen-bond acceptors (Lipinski definition) is 2. The van der Waals surface area contributed by atoms with Gasteiger partial charge in [-0.1, -0.05) is 12.1 Å². The number of aromatic nitrogens is 1. The first-order valence-electron chi connectivity index (χ1n) is 6.41. The number of hydrogen-bond donors (Lipinski definition) is 2. The van der Waals surface area contributed by atoms with Crippen molar-refractivity contribution >= 4 is 0 Å². The highest BCUT2D eigenvalue weighted by molar-refractivity contribution is 5.28. The van der Waals surface area contributed by atoms with E-state index in [2.05, 4.69) is 23.0 Å². The van der Waals surface area contributed by atoms with Crippen LogP contribution in [0.1, 0.15) is 30.0 Å². The highest BCUT2D eigenvalue weighted by atomic mass is 16.3. The molecule has 1 heterocycles. The van der Waals surface area contributed by atoms with Crippen molar-refractivity contribution < 1.29 is 5.11 Å². The van der Waals surface area contributed by atoms with Crippen LogP contribution in [0.15, 0.2) is 42.7 Å². The number of benzene rings is 1. The standard InChI is InChI=1S/C15H18N2O/c16-15(12-4-5-12)13-6-7-17(10-13)9-11-2-1-3-14(18)8-11/h1-3,6-8,10,12,15,18H,4-5,9,16H2. The molecule has 0 bridgehead atoms. The van der Waals surface area contributed by atoms with Crippen LogP contribution in [0, 0.1) is 5.92 Å². The van der Waals surface area contributed by atoms with Gasteiger partial charge in [-0.15, -0.1) is 0 Å². The summed E-state index contributed by atoms with van der Waals surface area (Å²) in [5.41, 5.74) is 8.49. The van der Waals surface area contributed by atoms with Crippen LogP contribution < -0.4 is 5.73 Å². The molecule has 0 amide bonds. The average Bonchev–Trinajstić information content (AvgIpc) is 3.09. The van der Waals surface area contributed by atoms with Crippen molar-refractivity contribution in [2.75, 3.05) is 0 Å². The largest absolute Gasteiger partial charge is 0.508 e. The molecular formula is C15H18N2O. The normalized spacial score (nSPS) is 16.7.